The number of rotatable bonds is 8. The largest absolute Gasteiger partial charge is 0.452 e. The summed E-state index contributed by atoms with van der Waals surface area (Å²) in [4.78, 5) is 35.9. The van der Waals surface area contributed by atoms with E-state index in [0.717, 1.165) is 0 Å². The second-order valence-electron chi connectivity index (χ2n) is 6.72. The number of amides is 1. The van der Waals surface area contributed by atoms with Gasteiger partial charge in [0, 0.05) is 11.3 Å². The summed E-state index contributed by atoms with van der Waals surface area (Å²) in [6.07, 6.45) is 0. The van der Waals surface area contributed by atoms with Gasteiger partial charge in [0.2, 0.25) is 0 Å². The fraction of sp³-hybridized carbons (Fsp3) is 0.0870. The molecule has 2 N–H and O–H groups in total. The summed E-state index contributed by atoms with van der Waals surface area (Å²) in [6, 6.07) is 20.0. The molecule has 9 heteroatoms. The van der Waals surface area contributed by atoms with Gasteiger partial charge in [-0.3, -0.25) is 14.3 Å². The van der Waals surface area contributed by atoms with Crippen LogP contribution in [0, 0.1) is 0 Å². The number of para-hydroxylation sites is 2. The minimum Gasteiger partial charge on any atom is -0.452 e. The molecule has 0 saturated carbocycles. The first-order chi connectivity index (χ1) is 15.3. The average Bonchev–Trinajstić information content (AvgIpc) is 2.78. The van der Waals surface area contributed by atoms with Crippen molar-refractivity contribution in [1.29, 1.82) is 0 Å². The smallest absolute Gasteiger partial charge is 0.338 e. The van der Waals surface area contributed by atoms with Crippen molar-refractivity contribution < 1.29 is 27.5 Å². The predicted molar refractivity (Wildman–Crippen MR) is 119 cm³/mol. The molecule has 0 spiro atoms. The molecule has 3 rings (SSSR count). The SMILES string of the molecule is CC(=O)c1ccccc1NC(=O)COC(=O)c1ccc(S(=O)(=O)Nc2ccccc2)cc1. The van der Waals surface area contributed by atoms with Crippen molar-refractivity contribution in [3.8, 4) is 0 Å². The van der Waals surface area contributed by atoms with Gasteiger partial charge in [-0.15, -0.1) is 0 Å². The lowest BCUT2D eigenvalue weighted by Gasteiger charge is -2.10. The van der Waals surface area contributed by atoms with E-state index < -0.39 is 28.5 Å². The molecule has 1 amide bonds. The lowest BCUT2D eigenvalue weighted by molar-refractivity contribution is -0.119. The Morgan fingerprint density at radius 1 is 0.844 bits per heavy atom. The first-order valence-corrected chi connectivity index (χ1v) is 11.0. The van der Waals surface area contributed by atoms with Gasteiger partial charge in [0.1, 0.15) is 0 Å². The number of anilines is 2. The molecular weight excluding hydrogens is 432 g/mol. The van der Waals surface area contributed by atoms with Crippen molar-refractivity contribution in [3.63, 3.8) is 0 Å². The van der Waals surface area contributed by atoms with Crippen molar-refractivity contribution in [2.24, 2.45) is 0 Å². The first-order valence-electron chi connectivity index (χ1n) is 9.51. The molecule has 0 fully saturated rings. The molecule has 164 valence electrons. The minimum absolute atomic E-state index is 0.0310. The summed E-state index contributed by atoms with van der Waals surface area (Å²) in [5.41, 5.74) is 1.16. The molecule has 0 atom stereocenters. The van der Waals surface area contributed by atoms with Crippen LogP contribution < -0.4 is 10.0 Å². The highest BCUT2D eigenvalue weighted by Crippen LogP contribution is 2.17. The van der Waals surface area contributed by atoms with E-state index in [1.165, 1.54) is 31.2 Å². The minimum atomic E-state index is -3.82. The summed E-state index contributed by atoms with van der Waals surface area (Å²) >= 11 is 0. The summed E-state index contributed by atoms with van der Waals surface area (Å²) in [5.74, 6) is -1.62. The normalized spacial score (nSPS) is 10.8. The van der Waals surface area contributed by atoms with Gasteiger partial charge in [-0.25, -0.2) is 13.2 Å². The second-order valence-corrected chi connectivity index (χ2v) is 8.40. The van der Waals surface area contributed by atoms with Gasteiger partial charge in [0.25, 0.3) is 15.9 Å². The fourth-order valence-corrected chi connectivity index (χ4v) is 3.85. The Kier molecular flexibility index (Phi) is 7.01. The fourth-order valence-electron chi connectivity index (χ4n) is 2.79. The first kappa shape index (κ1) is 22.7. The number of hydrogen-bond donors (Lipinski definition) is 2. The van der Waals surface area contributed by atoms with Crippen LogP contribution in [0.15, 0.2) is 83.8 Å². The van der Waals surface area contributed by atoms with Gasteiger partial charge in [0.15, 0.2) is 12.4 Å². The van der Waals surface area contributed by atoms with E-state index in [2.05, 4.69) is 10.0 Å². The Labute approximate surface area is 185 Å². The molecule has 0 bridgehead atoms. The number of esters is 1. The summed E-state index contributed by atoms with van der Waals surface area (Å²) in [6.45, 7) is 0.810. The number of Topliss-reactive ketones (excluding diaryl/α,β-unsaturated/α-hetero) is 1. The van der Waals surface area contributed by atoms with Gasteiger partial charge in [-0.1, -0.05) is 30.3 Å². The van der Waals surface area contributed by atoms with Crippen molar-refractivity contribution in [2.45, 2.75) is 11.8 Å². The maximum Gasteiger partial charge on any atom is 0.338 e. The molecule has 3 aromatic carbocycles. The van der Waals surface area contributed by atoms with E-state index in [0.29, 0.717) is 16.9 Å². The zero-order chi connectivity index (χ0) is 23.1. The Hall–Kier alpha value is -3.98. The third-order valence-corrected chi connectivity index (χ3v) is 5.74. The van der Waals surface area contributed by atoms with Gasteiger partial charge in [0.05, 0.1) is 16.1 Å². The zero-order valence-corrected chi connectivity index (χ0v) is 17.9. The van der Waals surface area contributed by atoms with Crippen LogP contribution in [0.5, 0.6) is 0 Å². The highest BCUT2D eigenvalue weighted by molar-refractivity contribution is 7.92. The lowest BCUT2D eigenvalue weighted by Crippen LogP contribution is -2.22. The number of ketones is 1. The van der Waals surface area contributed by atoms with Crippen LogP contribution in [0.2, 0.25) is 0 Å². The van der Waals surface area contributed by atoms with E-state index in [-0.39, 0.29) is 16.2 Å². The Morgan fingerprint density at radius 3 is 2.12 bits per heavy atom. The molecule has 0 aliphatic heterocycles. The van der Waals surface area contributed by atoms with E-state index in [4.69, 9.17) is 4.74 Å². The van der Waals surface area contributed by atoms with Crippen LogP contribution in [0.1, 0.15) is 27.6 Å². The standard InChI is InChI=1S/C23H20N2O6S/c1-16(26)20-9-5-6-10-21(20)24-22(27)15-31-23(28)17-11-13-19(14-12-17)32(29,30)25-18-7-3-2-4-8-18/h2-14,25H,15H2,1H3,(H,24,27). The van der Waals surface area contributed by atoms with Crippen molar-refractivity contribution in [2.75, 3.05) is 16.6 Å². The summed E-state index contributed by atoms with van der Waals surface area (Å²) in [5, 5.41) is 2.53. The molecule has 3 aromatic rings. The number of ether oxygens (including phenoxy) is 1. The third-order valence-electron chi connectivity index (χ3n) is 4.34. The van der Waals surface area contributed by atoms with E-state index in [1.807, 2.05) is 0 Å². The average molecular weight is 452 g/mol. The molecule has 0 heterocycles. The molecule has 0 saturated heterocycles. The maximum absolute atomic E-state index is 12.4. The Balaban J connectivity index is 1.59. The highest BCUT2D eigenvalue weighted by Gasteiger charge is 2.17. The van der Waals surface area contributed by atoms with Crippen LogP contribution in [0.4, 0.5) is 11.4 Å². The zero-order valence-electron chi connectivity index (χ0n) is 17.1. The van der Waals surface area contributed by atoms with Crippen molar-refractivity contribution >= 4 is 39.1 Å². The molecule has 0 radical (unpaired) electrons. The molecule has 32 heavy (non-hydrogen) atoms. The number of carbonyl (C=O) groups excluding carboxylic acids is 3. The third kappa shape index (κ3) is 5.79. The molecule has 0 aliphatic carbocycles. The Bertz CT molecular complexity index is 1240. The number of benzene rings is 3. The van der Waals surface area contributed by atoms with E-state index >= 15 is 0 Å². The van der Waals surface area contributed by atoms with Gasteiger partial charge < -0.3 is 10.1 Å². The van der Waals surface area contributed by atoms with E-state index in [1.54, 1.807) is 54.6 Å². The number of hydrogen-bond acceptors (Lipinski definition) is 6. The number of carbonyl (C=O) groups is 3. The second kappa shape index (κ2) is 9.88. The van der Waals surface area contributed by atoms with E-state index in [9.17, 15) is 22.8 Å². The van der Waals surface area contributed by atoms with Crippen molar-refractivity contribution in [3.05, 3.63) is 90.0 Å². The predicted octanol–water partition coefficient (Wildman–Crippen LogP) is 3.49. The molecule has 0 aliphatic rings. The topological polar surface area (TPSA) is 119 Å². The summed E-state index contributed by atoms with van der Waals surface area (Å²) < 4.78 is 32.3. The molecule has 0 unspecified atom stereocenters. The van der Waals surface area contributed by atoms with Crippen molar-refractivity contribution in [1.82, 2.24) is 0 Å². The van der Waals surface area contributed by atoms with Crippen LogP contribution in [-0.2, 0) is 19.6 Å². The Morgan fingerprint density at radius 2 is 1.47 bits per heavy atom. The molecule has 0 aromatic heterocycles. The maximum atomic E-state index is 12.4. The molecule has 8 nitrogen and oxygen atoms in total. The van der Waals surface area contributed by atoms with Crippen LogP contribution in [-0.4, -0.2) is 32.7 Å². The van der Waals surface area contributed by atoms with Gasteiger partial charge in [-0.2, -0.15) is 0 Å². The van der Waals surface area contributed by atoms with Crippen LogP contribution in [0.3, 0.4) is 0 Å². The number of sulfonamides is 1. The van der Waals surface area contributed by atoms with Gasteiger partial charge in [-0.05, 0) is 55.5 Å². The number of nitrogens with one attached hydrogen (secondary N) is 2. The monoisotopic (exact) mass is 452 g/mol. The summed E-state index contributed by atoms with van der Waals surface area (Å²) in [7, 11) is -3.82. The van der Waals surface area contributed by atoms with Crippen LogP contribution in [0.25, 0.3) is 0 Å². The quantitative estimate of drug-likeness (QED) is 0.399. The van der Waals surface area contributed by atoms with Gasteiger partial charge >= 0.3 is 5.97 Å². The van der Waals surface area contributed by atoms with Crippen LogP contribution >= 0.6 is 0 Å². The molecular formula is C23H20N2O6S. The lowest BCUT2D eigenvalue weighted by atomic mass is 10.1. The highest BCUT2D eigenvalue weighted by atomic mass is 32.2.